The van der Waals surface area contributed by atoms with Gasteiger partial charge in [-0.3, -0.25) is 0 Å². The Morgan fingerprint density at radius 2 is 2.43 bits per heavy atom. The molecule has 0 radical (unpaired) electrons. The molecule has 0 unspecified atom stereocenters. The van der Waals surface area contributed by atoms with Gasteiger partial charge in [-0.1, -0.05) is 0 Å². The second-order valence-electron chi connectivity index (χ2n) is 3.28. The predicted octanol–water partition coefficient (Wildman–Crippen LogP) is 0.646. The summed E-state index contributed by atoms with van der Waals surface area (Å²) < 4.78 is 9.76. The lowest BCUT2D eigenvalue weighted by molar-refractivity contribution is -0.134. The predicted molar refractivity (Wildman–Crippen MR) is 50.8 cm³/mol. The van der Waals surface area contributed by atoms with Crippen LogP contribution in [0.5, 0.6) is 0 Å². The molecule has 1 N–H and O–H groups in total. The van der Waals surface area contributed by atoms with Crippen LogP contribution in [0.4, 0.5) is 0 Å². The first-order valence-corrected chi connectivity index (χ1v) is 4.80. The highest BCUT2D eigenvalue weighted by Crippen LogP contribution is 2.16. The number of carbonyl (C=O) groups excluding carboxylic acids is 1. The van der Waals surface area contributed by atoms with Crippen LogP contribution in [0.15, 0.2) is 12.2 Å². The van der Waals surface area contributed by atoms with Gasteiger partial charge in [-0.05, 0) is 25.3 Å². The molecule has 1 rings (SSSR count). The van der Waals surface area contributed by atoms with Crippen molar-refractivity contribution in [1.29, 1.82) is 0 Å². The van der Waals surface area contributed by atoms with Crippen LogP contribution >= 0.6 is 0 Å². The standard InChI is InChI=1S/C10H16O4/c1-13-10(12)6-5-8(11)9-4-2-3-7-14-9/h5-6,8-9,11H,2-4,7H2,1H3/b6-5+/t8-,9-/m1/s1. The van der Waals surface area contributed by atoms with E-state index in [2.05, 4.69) is 4.74 Å². The van der Waals surface area contributed by atoms with Gasteiger partial charge in [0.25, 0.3) is 0 Å². The monoisotopic (exact) mass is 200 g/mol. The van der Waals surface area contributed by atoms with Crippen molar-refractivity contribution in [3.8, 4) is 0 Å². The van der Waals surface area contributed by atoms with Crippen molar-refractivity contribution < 1.29 is 19.4 Å². The number of esters is 1. The van der Waals surface area contributed by atoms with Gasteiger partial charge in [0, 0.05) is 12.7 Å². The molecule has 2 atom stereocenters. The molecule has 0 aromatic carbocycles. The first-order valence-electron chi connectivity index (χ1n) is 4.80. The van der Waals surface area contributed by atoms with E-state index in [1.54, 1.807) is 0 Å². The maximum atomic E-state index is 10.7. The fraction of sp³-hybridized carbons (Fsp3) is 0.700. The third-order valence-corrected chi connectivity index (χ3v) is 2.23. The van der Waals surface area contributed by atoms with E-state index >= 15 is 0 Å². The Hall–Kier alpha value is -0.870. The number of methoxy groups -OCH3 is 1. The minimum atomic E-state index is -0.714. The summed E-state index contributed by atoms with van der Waals surface area (Å²) in [5.74, 6) is -0.458. The molecule has 4 nitrogen and oxygen atoms in total. The van der Waals surface area contributed by atoms with Crippen molar-refractivity contribution in [1.82, 2.24) is 0 Å². The van der Waals surface area contributed by atoms with Crippen LogP contribution in [0.2, 0.25) is 0 Å². The van der Waals surface area contributed by atoms with Crippen LogP contribution in [0, 0.1) is 0 Å². The zero-order valence-corrected chi connectivity index (χ0v) is 8.31. The van der Waals surface area contributed by atoms with E-state index in [-0.39, 0.29) is 6.10 Å². The molecule has 0 spiro atoms. The SMILES string of the molecule is COC(=O)/C=C/[C@@H](O)[C@H]1CCCCO1. The van der Waals surface area contributed by atoms with Crippen LogP contribution in [-0.4, -0.2) is 37.0 Å². The summed E-state index contributed by atoms with van der Waals surface area (Å²) in [5, 5.41) is 9.60. The van der Waals surface area contributed by atoms with E-state index in [9.17, 15) is 9.90 Å². The van der Waals surface area contributed by atoms with E-state index in [1.807, 2.05) is 0 Å². The summed E-state index contributed by atoms with van der Waals surface area (Å²) in [6.07, 6.45) is 4.70. The second kappa shape index (κ2) is 5.78. The van der Waals surface area contributed by atoms with Crippen LogP contribution in [0.25, 0.3) is 0 Å². The summed E-state index contributed by atoms with van der Waals surface area (Å²) in [7, 11) is 1.30. The third-order valence-electron chi connectivity index (χ3n) is 2.23. The Labute approximate surface area is 83.5 Å². The van der Waals surface area contributed by atoms with Gasteiger partial charge in [0.05, 0.1) is 19.3 Å². The van der Waals surface area contributed by atoms with Crippen molar-refractivity contribution >= 4 is 5.97 Å². The zero-order valence-electron chi connectivity index (χ0n) is 8.31. The van der Waals surface area contributed by atoms with Crippen molar-refractivity contribution in [2.75, 3.05) is 13.7 Å². The number of ether oxygens (including phenoxy) is 2. The lowest BCUT2D eigenvalue weighted by Gasteiger charge is -2.25. The molecule has 0 aromatic heterocycles. The maximum Gasteiger partial charge on any atom is 0.330 e. The Bertz CT molecular complexity index is 206. The first kappa shape index (κ1) is 11.2. The molecule has 0 bridgehead atoms. The Morgan fingerprint density at radius 1 is 1.64 bits per heavy atom. The van der Waals surface area contributed by atoms with Crippen molar-refractivity contribution in [3.63, 3.8) is 0 Å². The Balaban J connectivity index is 2.35. The molecule has 1 saturated heterocycles. The number of aliphatic hydroxyl groups is 1. The van der Waals surface area contributed by atoms with Gasteiger partial charge in [-0.2, -0.15) is 0 Å². The molecule has 0 aromatic rings. The molecule has 1 heterocycles. The normalized spacial score (nSPS) is 24.9. The average Bonchev–Trinajstić information content (AvgIpc) is 2.26. The molecular weight excluding hydrogens is 184 g/mol. The fourth-order valence-corrected chi connectivity index (χ4v) is 1.40. The number of rotatable bonds is 3. The van der Waals surface area contributed by atoms with Gasteiger partial charge < -0.3 is 14.6 Å². The lowest BCUT2D eigenvalue weighted by atomic mass is 10.0. The summed E-state index contributed by atoms with van der Waals surface area (Å²) in [5.41, 5.74) is 0. The highest BCUT2D eigenvalue weighted by atomic mass is 16.5. The van der Waals surface area contributed by atoms with Gasteiger partial charge in [0.1, 0.15) is 0 Å². The summed E-state index contributed by atoms with van der Waals surface area (Å²) >= 11 is 0. The van der Waals surface area contributed by atoms with E-state index in [0.717, 1.165) is 19.3 Å². The molecular formula is C10H16O4. The molecule has 0 saturated carbocycles. The summed E-state index contributed by atoms with van der Waals surface area (Å²) in [6, 6.07) is 0. The van der Waals surface area contributed by atoms with Gasteiger partial charge in [0.2, 0.25) is 0 Å². The summed E-state index contributed by atoms with van der Waals surface area (Å²) in [4.78, 5) is 10.7. The van der Waals surface area contributed by atoms with Crippen LogP contribution < -0.4 is 0 Å². The second-order valence-corrected chi connectivity index (χ2v) is 3.28. The number of hydrogen-bond acceptors (Lipinski definition) is 4. The van der Waals surface area contributed by atoms with E-state index in [4.69, 9.17) is 4.74 Å². The van der Waals surface area contributed by atoms with Crippen molar-refractivity contribution in [3.05, 3.63) is 12.2 Å². The quantitative estimate of drug-likeness (QED) is 0.536. The Morgan fingerprint density at radius 3 is 3.00 bits per heavy atom. The van der Waals surface area contributed by atoms with Crippen molar-refractivity contribution in [2.45, 2.75) is 31.5 Å². The van der Waals surface area contributed by atoms with Crippen LogP contribution in [0.3, 0.4) is 0 Å². The largest absolute Gasteiger partial charge is 0.466 e. The van der Waals surface area contributed by atoms with E-state index < -0.39 is 12.1 Å². The maximum absolute atomic E-state index is 10.7. The topological polar surface area (TPSA) is 55.8 Å². The minimum absolute atomic E-state index is 0.176. The van der Waals surface area contributed by atoms with Gasteiger partial charge in [-0.15, -0.1) is 0 Å². The zero-order chi connectivity index (χ0) is 10.4. The highest BCUT2D eigenvalue weighted by Gasteiger charge is 2.20. The van der Waals surface area contributed by atoms with Gasteiger partial charge in [-0.25, -0.2) is 4.79 Å². The average molecular weight is 200 g/mol. The van der Waals surface area contributed by atoms with E-state index in [1.165, 1.54) is 19.3 Å². The molecule has 1 aliphatic heterocycles. The molecule has 1 aliphatic rings. The third kappa shape index (κ3) is 3.47. The first-order chi connectivity index (χ1) is 6.74. The number of carbonyl (C=O) groups is 1. The molecule has 0 aliphatic carbocycles. The summed E-state index contributed by atoms with van der Waals surface area (Å²) in [6.45, 7) is 0.688. The van der Waals surface area contributed by atoms with Gasteiger partial charge >= 0.3 is 5.97 Å². The number of hydrogen-bond donors (Lipinski definition) is 1. The molecule has 80 valence electrons. The minimum Gasteiger partial charge on any atom is -0.466 e. The number of aliphatic hydroxyl groups excluding tert-OH is 1. The molecule has 14 heavy (non-hydrogen) atoms. The van der Waals surface area contributed by atoms with Crippen molar-refractivity contribution in [2.24, 2.45) is 0 Å². The van der Waals surface area contributed by atoms with Crippen LogP contribution in [-0.2, 0) is 14.3 Å². The van der Waals surface area contributed by atoms with Gasteiger partial charge in [0.15, 0.2) is 0 Å². The smallest absolute Gasteiger partial charge is 0.330 e. The highest BCUT2D eigenvalue weighted by molar-refractivity contribution is 5.81. The fourth-order valence-electron chi connectivity index (χ4n) is 1.40. The molecule has 1 fully saturated rings. The molecule has 4 heteroatoms. The van der Waals surface area contributed by atoms with E-state index in [0.29, 0.717) is 6.61 Å². The van der Waals surface area contributed by atoms with Crippen LogP contribution in [0.1, 0.15) is 19.3 Å². The molecule has 0 amide bonds. The lowest BCUT2D eigenvalue weighted by Crippen LogP contribution is -2.30. The Kier molecular flexibility index (Phi) is 4.62.